The molecule has 1 fully saturated rings. The van der Waals surface area contributed by atoms with E-state index in [0.29, 0.717) is 18.9 Å². The third-order valence-corrected chi connectivity index (χ3v) is 8.59. The molecule has 0 aliphatic carbocycles. The number of carbonyl (C=O) groups is 2. The average Bonchev–Trinajstić information content (AvgIpc) is 2.77. The van der Waals surface area contributed by atoms with Crippen LogP contribution in [0, 0.1) is 5.92 Å². The number of nitrogens with zero attached hydrogens (tertiary/aromatic N) is 1. The zero-order valence-electron chi connectivity index (χ0n) is 19.6. The predicted molar refractivity (Wildman–Crippen MR) is 115 cm³/mol. The van der Waals surface area contributed by atoms with Crippen molar-refractivity contribution in [2.75, 3.05) is 13.1 Å². The first kappa shape index (κ1) is 31.6. The van der Waals surface area contributed by atoms with Gasteiger partial charge in [0, 0.05) is 13.1 Å². The molecule has 1 aromatic carbocycles. The minimum Gasteiger partial charge on any atom is -0.475 e. The Morgan fingerprint density at radius 1 is 1.08 bits per heavy atom. The maximum absolute atomic E-state index is 13.1. The van der Waals surface area contributed by atoms with Crippen molar-refractivity contribution in [3.8, 4) is 0 Å². The van der Waals surface area contributed by atoms with E-state index in [9.17, 15) is 44.7 Å². The summed E-state index contributed by atoms with van der Waals surface area (Å²) in [7, 11) is -4.06. The lowest BCUT2D eigenvalue weighted by Crippen LogP contribution is -2.53. The zero-order chi connectivity index (χ0) is 28.3. The number of sulfone groups is 1. The van der Waals surface area contributed by atoms with E-state index >= 15 is 0 Å². The second-order valence-electron chi connectivity index (χ2n) is 8.80. The minimum absolute atomic E-state index is 0.269. The largest absolute Gasteiger partial charge is 0.490 e. The predicted octanol–water partition coefficient (Wildman–Crippen LogP) is 2.84. The number of aliphatic carboxylic acids is 1. The van der Waals surface area contributed by atoms with E-state index in [0.717, 1.165) is 12.1 Å². The fourth-order valence-electron chi connectivity index (χ4n) is 3.57. The van der Waals surface area contributed by atoms with Gasteiger partial charge in [-0.1, -0.05) is 6.07 Å². The lowest BCUT2D eigenvalue weighted by atomic mass is 9.85. The van der Waals surface area contributed by atoms with Gasteiger partial charge in [0.1, 0.15) is 6.04 Å². The molecule has 0 spiro atoms. The molecule has 0 saturated carbocycles. The number of rotatable bonds is 5. The molecule has 1 aromatic rings. The number of benzene rings is 1. The van der Waals surface area contributed by atoms with Gasteiger partial charge in [0.05, 0.1) is 21.3 Å². The van der Waals surface area contributed by atoms with E-state index in [1.54, 1.807) is 0 Å². The second-order valence-corrected chi connectivity index (χ2v) is 11.3. The summed E-state index contributed by atoms with van der Waals surface area (Å²) in [5.41, 5.74) is 4.66. The van der Waals surface area contributed by atoms with Crippen LogP contribution in [0.15, 0.2) is 29.2 Å². The highest BCUT2D eigenvalue weighted by molar-refractivity contribution is 7.92. The number of hydrogen-bond acceptors (Lipinski definition) is 6. The Kier molecular flexibility index (Phi) is 9.96. The molecule has 0 unspecified atom stereocenters. The summed E-state index contributed by atoms with van der Waals surface area (Å²) in [6, 6.07) is 2.71. The molecule has 1 aliphatic rings. The van der Waals surface area contributed by atoms with Crippen LogP contribution in [-0.4, -0.2) is 71.6 Å². The topological polar surface area (TPSA) is 138 Å². The van der Waals surface area contributed by atoms with E-state index in [2.05, 4.69) is 0 Å². The number of nitrogens with two attached hydrogens (primary N) is 1. The molecule has 0 bridgehead atoms. The van der Waals surface area contributed by atoms with Crippen molar-refractivity contribution in [1.82, 2.24) is 4.90 Å². The molecule has 36 heavy (non-hydrogen) atoms. The first-order chi connectivity index (χ1) is 16.1. The van der Waals surface area contributed by atoms with E-state index in [-0.39, 0.29) is 23.9 Å². The molecule has 2 atom stereocenters. The molecule has 8 nitrogen and oxygen atoms in total. The number of carboxylic acid groups (broad SMARTS) is 1. The summed E-state index contributed by atoms with van der Waals surface area (Å²) < 4.78 is 95.7. The Balaban J connectivity index is 0.000000809. The standard InChI is InChI=1S/C19H27F3N2O4S.C2HF3O2/c1-12(25)16(23)17(26)24-9-7-13(8-10-24)18(2,3)29(27,28)15-6-4-5-14(11-15)19(20,21)22;3-2(4,5)1(6)7/h4-6,11-13,16,25H,7-10,23H2,1-3H3;(H,6,7)/t12-,16+;/m1./s1. The smallest absolute Gasteiger partial charge is 0.475 e. The normalized spacial score (nSPS) is 17.6. The lowest BCUT2D eigenvalue weighted by Gasteiger charge is -2.41. The first-order valence-corrected chi connectivity index (χ1v) is 12.1. The van der Waals surface area contributed by atoms with Crippen LogP contribution < -0.4 is 5.73 Å². The highest BCUT2D eigenvalue weighted by Gasteiger charge is 2.45. The molecule has 206 valence electrons. The van der Waals surface area contributed by atoms with Gasteiger partial charge >= 0.3 is 18.3 Å². The van der Waals surface area contributed by atoms with Crippen molar-refractivity contribution < 1.29 is 54.6 Å². The lowest BCUT2D eigenvalue weighted by molar-refractivity contribution is -0.192. The molecule has 2 rings (SSSR count). The Labute approximate surface area is 204 Å². The number of halogens is 6. The Bertz CT molecular complexity index is 1030. The van der Waals surface area contributed by atoms with Crippen LogP contribution in [0.4, 0.5) is 26.3 Å². The number of aliphatic hydroxyl groups is 1. The third kappa shape index (κ3) is 7.56. The summed E-state index contributed by atoms with van der Waals surface area (Å²) in [4.78, 5) is 22.3. The third-order valence-electron chi connectivity index (χ3n) is 6.00. The van der Waals surface area contributed by atoms with Gasteiger partial charge in [-0.25, -0.2) is 13.2 Å². The first-order valence-electron chi connectivity index (χ1n) is 10.6. The number of piperidine rings is 1. The van der Waals surface area contributed by atoms with Gasteiger partial charge in [-0.15, -0.1) is 0 Å². The Morgan fingerprint density at radius 2 is 1.56 bits per heavy atom. The molecule has 0 radical (unpaired) electrons. The summed E-state index contributed by atoms with van der Waals surface area (Å²) >= 11 is 0. The van der Waals surface area contributed by atoms with Crippen LogP contribution in [0.5, 0.6) is 0 Å². The van der Waals surface area contributed by atoms with Gasteiger partial charge in [0.15, 0.2) is 9.84 Å². The van der Waals surface area contributed by atoms with Crippen LogP contribution in [-0.2, 0) is 25.6 Å². The summed E-state index contributed by atoms with van der Waals surface area (Å²) in [5, 5.41) is 16.6. The number of carbonyl (C=O) groups excluding carboxylic acids is 1. The van der Waals surface area contributed by atoms with E-state index in [1.807, 2.05) is 0 Å². The number of alkyl halides is 6. The van der Waals surface area contributed by atoms with Crippen LogP contribution in [0.25, 0.3) is 0 Å². The Morgan fingerprint density at radius 3 is 1.94 bits per heavy atom. The quantitative estimate of drug-likeness (QED) is 0.480. The number of carboxylic acids is 1. The summed E-state index contributed by atoms with van der Waals surface area (Å²) in [6.07, 6.45) is -9.99. The number of likely N-dealkylation sites (tertiary alicyclic amines) is 1. The molecule has 15 heteroatoms. The number of aliphatic hydroxyl groups excluding tert-OH is 1. The summed E-state index contributed by atoms with van der Waals surface area (Å²) in [5.74, 6) is -3.52. The molecule has 1 saturated heterocycles. The second kappa shape index (κ2) is 11.3. The van der Waals surface area contributed by atoms with Crippen LogP contribution in [0.2, 0.25) is 0 Å². The van der Waals surface area contributed by atoms with Gasteiger partial charge in [-0.3, -0.25) is 4.79 Å². The fraction of sp³-hybridized carbons (Fsp3) is 0.619. The van der Waals surface area contributed by atoms with Crippen molar-refractivity contribution in [3.63, 3.8) is 0 Å². The number of amides is 1. The monoisotopic (exact) mass is 550 g/mol. The zero-order valence-corrected chi connectivity index (χ0v) is 20.4. The van der Waals surface area contributed by atoms with Crippen molar-refractivity contribution in [3.05, 3.63) is 29.8 Å². The molecule has 1 aliphatic heterocycles. The highest BCUT2D eigenvalue weighted by Crippen LogP contribution is 2.39. The molecule has 1 amide bonds. The van der Waals surface area contributed by atoms with Crippen LogP contribution >= 0.6 is 0 Å². The SMILES string of the molecule is C[C@@H](O)[C@H](N)C(=O)N1CCC(C(C)(C)S(=O)(=O)c2cccc(C(F)(F)F)c2)CC1.O=C(O)C(F)(F)F. The maximum atomic E-state index is 13.1. The van der Waals surface area contributed by atoms with Gasteiger partial charge in [0.2, 0.25) is 5.91 Å². The van der Waals surface area contributed by atoms with Crippen LogP contribution in [0.3, 0.4) is 0 Å². The van der Waals surface area contributed by atoms with E-state index in [1.165, 1.54) is 31.7 Å². The molecule has 0 aromatic heterocycles. The van der Waals surface area contributed by atoms with Crippen molar-refractivity contribution >= 4 is 21.7 Å². The average molecular weight is 551 g/mol. The van der Waals surface area contributed by atoms with Gasteiger partial charge in [-0.05, 0) is 57.7 Å². The highest BCUT2D eigenvalue weighted by atomic mass is 32.2. The van der Waals surface area contributed by atoms with Crippen molar-refractivity contribution in [1.29, 1.82) is 0 Å². The Hall–Kier alpha value is -2.39. The van der Waals surface area contributed by atoms with Crippen LogP contribution in [0.1, 0.15) is 39.2 Å². The molecular weight excluding hydrogens is 522 g/mol. The van der Waals surface area contributed by atoms with Crippen molar-refractivity contribution in [2.45, 2.75) is 67.8 Å². The van der Waals surface area contributed by atoms with Gasteiger partial charge in [-0.2, -0.15) is 26.3 Å². The van der Waals surface area contributed by atoms with Gasteiger partial charge in [0.25, 0.3) is 0 Å². The van der Waals surface area contributed by atoms with Gasteiger partial charge < -0.3 is 20.8 Å². The van der Waals surface area contributed by atoms with Crippen molar-refractivity contribution in [2.24, 2.45) is 11.7 Å². The maximum Gasteiger partial charge on any atom is 0.490 e. The number of hydrogen-bond donors (Lipinski definition) is 3. The van der Waals surface area contributed by atoms with E-state index < -0.39 is 56.5 Å². The molecule has 1 heterocycles. The molecule has 4 N–H and O–H groups in total. The summed E-state index contributed by atoms with van der Waals surface area (Å²) in [6.45, 7) is 4.97. The minimum atomic E-state index is -5.08. The molecular formula is C21H28F6N2O6S. The fourth-order valence-corrected chi connectivity index (χ4v) is 5.40. The van der Waals surface area contributed by atoms with E-state index in [4.69, 9.17) is 15.6 Å².